The van der Waals surface area contributed by atoms with Crippen LogP contribution in [-0.4, -0.2) is 33.8 Å². The first kappa shape index (κ1) is 20.7. The fraction of sp³-hybridized carbons (Fsp3) is 0.250. The highest BCUT2D eigenvalue weighted by Gasteiger charge is 2.50. The molecule has 4 rings (SSSR count). The van der Waals surface area contributed by atoms with Gasteiger partial charge in [0.2, 0.25) is 5.95 Å². The number of carbonyl (C=O) groups is 1. The summed E-state index contributed by atoms with van der Waals surface area (Å²) in [5.74, 6) is -0.697. The second kappa shape index (κ2) is 7.91. The Bertz CT molecular complexity index is 1170. The van der Waals surface area contributed by atoms with E-state index in [1.165, 1.54) is 11.1 Å². The Labute approximate surface area is 180 Å². The quantitative estimate of drug-likeness (QED) is 0.645. The van der Waals surface area contributed by atoms with Crippen LogP contribution in [-0.2, 0) is 23.2 Å². The summed E-state index contributed by atoms with van der Waals surface area (Å²) in [6.45, 7) is 4.04. The van der Waals surface area contributed by atoms with Crippen LogP contribution in [0, 0.1) is 5.95 Å². The fourth-order valence-electron chi connectivity index (χ4n) is 3.92. The number of rotatable bonds is 5. The molecular formula is C24H24FN5O. The molecule has 3 aromatic rings. The highest BCUT2D eigenvalue weighted by atomic mass is 19.1. The molecule has 0 spiro atoms. The van der Waals surface area contributed by atoms with Gasteiger partial charge in [-0.1, -0.05) is 32.0 Å². The number of aromatic nitrogens is 2. The molecule has 2 aromatic heterocycles. The minimum absolute atomic E-state index is 0.135. The van der Waals surface area contributed by atoms with Crippen LogP contribution in [0.15, 0.2) is 59.7 Å². The Balaban J connectivity index is 1.98. The highest BCUT2D eigenvalue weighted by Crippen LogP contribution is 2.41. The summed E-state index contributed by atoms with van der Waals surface area (Å²) in [6.07, 6.45) is 2.85. The van der Waals surface area contributed by atoms with Crippen molar-refractivity contribution in [3.05, 3.63) is 83.2 Å². The molecule has 158 valence electrons. The van der Waals surface area contributed by atoms with E-state index in [9.17, 15) is 9.18 Å². The van der Waals surface area contributed by atoms with Gasteiger partial charge in [0.15, 0.2) is 11.5 Å². The number of halogens is 1. The second-order valence-electron chi connectivity index (χ2n) is 7.51. The topological polar surface area (TPSA) is 84.5 Å². The third-order valence-corrected chi connectivity index (χ3v) is 5.66. The summed E-state index contributed by atoms with van der Waals surface area (Å²) >= 11 is 0. The maximum atomic E-state index is 14.4. The van der Waals surface area contributed by atoms with Crippen molar-refractivity contribution >= 4 is 11.9 Å². The smallest absolute Gasteiger partial charge is 0.266 e. The normalized spacial score (nSPS) is 18.4. The van der Waals surface area contributed by atoms with Crippen LogP contribution in [0.4, 0.5) is 4.39 Å². The van der Waals surface area contributed by atoms with E-state index in [-0.39, 0.29) is 11.9 Å². The number of aliphatic imine (C=N–C) groups is 1. The molecule has 6 nitrogen and oxygen atoms in total. The molecule has 1 aromatic carbocycles. The van der Waals surface area contributed by atoms with Crippen molar-refractivity contribution in [3.8, 4) is 11.1 Å². The number of carbonyl (C=O) groups excluding carboxylic acids is 1. The van der Waals surface area contributed by atoms with Gasteiger partial charge in [-0.3, -0.25) is 14.7 Å². The van der Waals surface area contributed by atoms with E-state index in [1.54, 1.807) is 37.4 Å². The zero-order chi connectivity index (χ0) is 22.2. The molecule has 3 heterocycles. The fourth-order valence-corrected chi connectivity index (χ4v) is 3.92. The lowest BCUT2D eigenvalue weighted by atomic mass is 9.81. The van der Waals surface area contributed by atoms with Gasteiger partial charge in [0, 0.05) is 30.2 Å². The van der Waals surface area contributed by atoms with Crippen molar-refractivity contribution in [1.29, 1.82) is 0 Å². The molecule has 7 heteroatoms. The maximum Gasteiger partial charge on any atom is 0.266 e. The van der Waals surface area contributed by atoms with Gasteiger partial charge < -0.3 is 5.73 Å². The number of pyridine rings is 2. The van der Waals surface area contributed by atoms with Crippen molar-refractivity contribution < 1.29 is 9.18 Å². The number of hydrogen-bond acceptors (Lipinski definition) is 5. The van der Waals surface area contributed by atoms with Crippen molar-refractivity contribution in [1.82, 2.24) is 14.9 Å². The number of benzene rings is 1. The van der Waals surface area contributed by atoms with E-state index in [0.29, 0.717) is 22.3 Å². The molecule has 31 heavy (non-hydrogen) atoms. The zero-order valence-electron chi connectivity index (χ0n) is 17.8. The molecule has 0 aliphatic carbocycles. The van der Waals surface area contributed by atoms with Crippen LogP contribution in [0.1, 0.15) is 36.4 Å². The Morgan fingerprint density at radius 2 is 1.74 bits per heavy atom. The van der Waals surface area contributed by atoms with Gasteiger partial charge >= 0.3 is 0 Å². The second-order valence-corrected chi connectivity index (χ2v) is 7.51. The Hall–Kier alpha value is -3.61. The van der Waals surface area contributed by atoms with E-state index >= 15 is 0 Å². The molecule has 2 N–H and O–H groups in total. The lowest BCUT2D eigenvalue weighted by molar-refractivity contribution is -0.129. The van der Waals surface area contributed by atoms with Gasteiger partial charge in [-0.05, 0) is 59.9 Å². The van der Waals surface area contributed by atoms with Crippen molar-refractivity contribution in [2.75, 3.05) is 7.05 Å². The van der Waals surface area contributed by atoms with Gasteiger partial charge in [0.1, 0.15) is 0 Å². The van der Waals surface area contributed by atoms with E-state index in [0.717, 1.165) is 24.2 Å². The summed E-state index contributed by atoms with van der Waals surface area (Å²) in [6, 6.07) is 14.3. The monoisotopic (exact) mass is 417 g/mol. The number of likely N-dealkylation sites (N-methyl/N-ethyl adjacent to an activating group) is 1. The first-order valence-electron chi connectivity index (χ1n) is 10.3. The molecule has 1 atom stereocenters. The largest absolute Gasteiger partial charge is 0.369 e. The molecule has 1 aliphatic rings. The minimum atomic E-state index is -1.36. The van der Waals surface area contributed by atoms with Crippen molar-refractivity contribution in [2.24, 2.45) is 10.7 Å². The van der Waals surface area contributed by atoms with Crippen molar-refractivity contribution in [2.45, 2.75) is 32.2 Å². The molecule has 1 amide bonds. The first-order valence-corrected chi connectivity index (χ1v) is 10.3. The van der Waals surface area contributed by atoms with Crippen LogP contribution in [0.3, 0.4) is 0 Å². The summed E-state index contributed by atoms with van der Waals surface area (Å²) < 4.78 is 14.4. The molecular weight excluding hydrogens is 393 g/mol. The van der Waals surface area contributed by atoms with Crippen LogP contribution >= 0.6 is 0 Å². The number of aryl methyl sites for hydroxylation is 2. The number of nitrogens with zero attached hydrogens (tertiary/aromatic N) is 4. The maximum absolute atomic E-state index is 14.4. The lowest BCUT2D eigenvalue weighted by Crippen LogP contribution is -2.41. The summed E-state index contributed by atoms with van der Waals surface area (Å²) in [5.41, 5.74) is 8.78. The third-order valence-electron chi connectivity index (χ3n) is 5.66. The minimum Gasteiger partial charge on any atom is -0.369 e. The van der Waals surface area contributed by atoms with Gasteiger partial charge in [-0.25, -0.2) is 9.98 Å². The van der Waals surface area contributed by atoms with Gasteiger partial charge in [0.25, 0.3) is 5.91 Å². The van der Waals surface area contributed by atoms with Crippen LogP contribution in [0.5, 0.6) is 0 Å². The average Bonchev–Trinajstić information content (AvgIpc) is 3.04. The standard InChI is InChI=1S/C24H24FN5O/c1-4-18-13-17(14-19(5-2)28-18)24(22(31)30(3)23(26)29-24)16-9-6-8-15(12-16)20-10-7-11-27-21(20)25/h6-14H,4-5H2,1-3H3,(H2,26,29)/t24-/m0/s1. The molecule has 0 saturated heterocycles. The highest BCUT2D eigenvalue weighted by molar-refractivity contribution is 6.09. The number of nitrogens with two attached hydrogens (primary N) is 1. The van der Waals surface area contributed by atoms with Gasteiger partial charge in [-0.2, -0.15) is 4.39 Å². The predicted molar refractivity (Wildman–Crippen MR) is 118 cm³/mol. The van der Waals surface area contributed by atoms with Gasteiger partial charge in [0.05, 0.1) is 0 Å². The van der Waals surface area contributed by atoms with Crippen LogP contribution < -0.4 is 5.73 Å². The van der Waals surface area contributed by atoms with Crippen LogP contribution in [0.2, 0.25) is 0 Å². The summed E-state index contributed by atoms with van der Waals surface area (Å²) in [7, 11) is 1.61. The van der Waals surface area contributed by atoms with Crippen molar-refractivity contribution in [3.63, 3.8) is 0 Å². The molecule has 0 unspecified atom stereocenters. The first-order chi connectivity index (χ1) is 14.9. The Morgan fingerprint density at radius 3 is 2.32 bits per heavy atom. The van der Waals surface area contributed by atoms with E-state index in [2.05, 4.69) is 15.0 Å². The molecule has 1 aliphatic heterocycles. The average molecular weight is 417 g/mol. The number of guanidine groups is 1. The SMILES string of the molecule is CCc1cc([C@]2(c3cccc(-c4cccnc4F)c3)N=C(N)N(C)C2=O)cc(CC)n1. The Morgan fingerprint density at radius 1 is 1.03 bits per heavy atom. The lowest BCUT2D eigenvalue weighted by Gasteiger charge is -2.27. The van der Waals surface area contributed by atoms with E-state index in [1.807, 2.05) is 32.0 Å². The number of amides is 1. The summed E-state index contributed by atoms with van der Waals surface area (Å²) in [4.78, 5) is 28.0. The summed E-state index contributed by atoms with van der Waals surface area (Å²) in [5, 5.41) is 0. The van der Waals surface area contributed by atoms with Crippen LogP contribution in [0.25, 0.3) is 11.1 Å². The predicted octanol–water partition coefficient (Wildman–Crippen LogP) is 3.44. The zero-order valence-corrected chi connectivity index (χ0v) is 17.8. The van der Waals surface area contributed by atoms with Gasteiger partial charge in [-0.15, -0.1) is 0 Å². The van der Waals surface area contributed by atoms with E-state index < -0.39 is 11.5 Å². The van der Waals surface area contributed by atoms with E-state index in [4.69, 9.17) is 5.73 Å². The third kappa shape index (κ3) is 3.36. The Kier molecular flexibility index (Phi) is 5.27. The molecule has 0 saturated carbocycles. The molecule has 0 fully saturated rings. The molecule has 0 bridgehead atoms. The molecule has 0 radical (unpaired) electrons. The number of hydrogen-bond donors (Lipinski definition) is 1.